The fourth-order valence-corrected chi connectivity index (χ4v) is 3.84. The Bertz CT molecular complexity index is 889. The van der Waals surface area contributed by atoms with E-state index in [4.69, 9.17) is 9.47 Å². The number of hydrogen-bond acceptors (Lipinski definition) is 5. The average molecular weight is 354 g/mol. The molecule has 2 heterocycles. The van der Waals surface area contributed by atoms with Gasteiger partial charge in [0.2, 0.25) is 12.7 Å². The van der Waals surface area contributed by atoms with Crippen LogP contribution in [0.25, 0.3) is 10.2 Å². The normalized spacial score (nSPS) is 12.5. The molecular formula is C19H18N2O3S. The van der Waals surface area contributed by atoms with E-state index < -0.39 is 0 Å². The van der Waals surface area contributed by atoms with Crippen molar-refractivity contribution in [2.24, 2.45) is 0 Å². The summed E-state index contributed by atoms with van der Waals surface area (Å²) in [5.41, 5.74) is 2.06. The molecule has 0 spiro atoms. The third kappa shape index (κ3) is 3.44. The van der Waals surface area contributed by atoms with Crippen LogP contribution in [0.3, 0.4) is 0 Å². The SMILES string of the molecule is CN(Cc1nc2ccccc2s1)C(=O)CCc1ccc2c(c1)OCO2. The van der Waals surface area contributed by atoms with E-state index in [1.165, 1.54) is 0 Å². The minimum Gasteiger partial charge on any atom is -0.454 e. The van der Waals surface area contributed by atoms with E-state index in [1.54, 1.807) is 16.2 Å². The third-order valence-electron chi connectivity index (χ3n) is 4.20. The molecular weight excluding hydrogens is 336 g/mol. The van der Waals surface area contributed by atoms with Crippen molar-refractivity contribution in [3.63, 3.8) is 0 Å². The van der Waals surface area contributed by atoms with Crippen LogP contribution in [0.1, 0.15) is 17.0 Å². The first-order valence-corrected chi connectivity index (χ1v) is 8.97. The van der Waals surface area contributed by atoms with Crippen molar-refractivity contribution in [2.45, 2.75) is 19.4 Å². The molecule has 1 aliphatic rings. The summed E-state index contributed by atoms with van der Waals surface area (Å²) in [6.07, 6.45) is 1.14. The number of nitrogens with zero attached hydrogens (tertiary/aromatic N) is 2. The summed E-state index contributed by atoms with van der Waals surface area (Å²) < 4.78 is 11.8. The lowest BCUT2D eigenvalue weighted by atomic mass is 10.1. The lowest BCUT2D eigenvalue weighted by molar-refractivity contribution is -0.130. The van der Waals surface area contributed by atoms with Gasteiger partial charge in [0.25, 0.3) is 0 Å². The summed E-state index contributed by atoms with van der Waals surface area (Å²) in [5, 5.41) is 0.958. The van der Waals surface area contributed by atoms with Gasteiger partial charge >= 0.3 is 0 Å². The van der Waals surface area contributed by atoms with Crippen molar-refractivity contribution in [3.05, 3.63) is 53.0 Å². The zero-order valence-electron chi connectivity index (χ0n) is 13.9. The number of ether oxygens (including phenoxy) is 2. The smallest absolute Gasteiger partial charge is 0.231 e. The van der Waals surface area contributed by atoms with Crippen molar-refractivity contribution in [3.8, 4) is 11.5 Å². The molecule has 0 N–H and O–H groups in total. The van der Waals surface area contributed by atoms with Crippen LogP contribution in [0.15, 0.2) is 42.5 Å². The maximum absolute atomic E-state index is 12.4. The van der Waals surface area contributed by atoms with Crippen molar-refractivity contribution >= 4 is 27.5 Å². The lowest BCUT2D eigenvalue weighted by Gasteiger charge is -2.15. The van der Waals surface area contributed by atoms with Crippen LogP contribution < -0.4 is 9.47 Å². The van der Waals surface area contributed by atoms with Crippen molar-refractivity contribution in [1.29, 1.82) is 0 Å². The quantitative estimate of drug-likeness (QED) is 0.702. The van der Waals surface area contributed by atoms with Crippen LogP contribution >= 0.6 is 11.3 Å². The first kappa shape index (κ1) is 15.9. The Balaban J connectivity index is 1.35. The molecule has 0 atom stereocenters. The van der Waals surface area contributed by atoms with E-state index in [0.717, 1.165) is 32.3 Å². The number of aromatic nitrogens is 1. The number of benzene rings is 2. The molecule has 25 heavy (non-hydrogen) atoms. The molecule has 2 aromatic carbocycles. The second-order valence-corrected chi connectivity index (χ2v) is 7.13. The predicted molar refractivity (Wildman–Crippen MR) is 97.0 cm³/mol. The Morgan fingerprint density at radius 3 is 2.92 bits per heavy atom. The molecule has 4 rings (SSSR count). The predicted octanol–water partition coefficient (Wildman–Crippen LogP) is 3.62. The maximum atomic E-state index is 12.4. The number of carbonyl (C=O) groups is 1. The van der Waals surface area contributed by atoms with Crippen molar-refractivity contribution < 1.29 is 14.3 Å². The van der Waals surface area contributed by atoms with Gasteiger partial charge in [0.05, 0.1) is 16.8 Å². The minimum atomic E-state index is 0.108. The molecule has 0 fully saturated rings. The summed E-state index contributed by atoms with van der Waals surface area (Å²) in [6.45, 7) is 0.807. The summed E-state index contributed by atoms with van der Waals surface area (Å²) in [4.78, 5) is 18.7. The zero-order chi connectivity index (χ0) is 17.2. The monoisotopic (exact) mass is 354 g/mol. The highest BCUT2D eigenvalue weighted by molar-refractivity contribution is 7.18. The highest BCUT2D eigenvalue weighted by Gasteiger charge is 2.15. The van der Waals surface area contributed by atoms with E-state index >= 15 is 0 Å². The van der Waals surface area contributed by atoms with Crippen LogP contribution in [0.5, 0.6) is 11.5 Å². The van der Waals surface area contributed by atoms with Crippen LogP contribution in [0, 0.1) is 0 Å². The first-order valence-electron chi connectivity index (χ1n) is 8.16. The fourth-order valence-electron chi connectivity index (χ4n) is 2.82. The Hall–Kier alpha value is -2.60. The van der Waals surface area contributed by atoms with Crippen LogP contribution in [0.2, 0.25) is 0 Å². The van der Waals surface area contributed by atoms with Gasteiger partial charge < -0.3 is 14.4 Å². The van der Waals surface area contributed by atoms with Gasteiger partial charge in [0.15, 0.2) is 11.5 Å². The largest absolute Gasteiger partial charge is 0.454 e. The Morgan fingerprint density at radius 1 is 1.20 bits per heavy atom. The van der Waals surface area contributed by atoms with E-state index in [9.17, 15) is 4.79 Å². The molecule has 0 radical (unpaired) electrons. The van der Waals surface area contributed by atoms with Crippen molar-refractivity contribution in [1.82, 2.24) is 9.88 Å². The minimum absolute atomic E-state index is 0.108. The van der Waals surface area contributed by atoms with Gasteiger partial charge in [-0.15, -0.1) is 11.3 Å². The van der Waals surface area contributed by atoms with E-state index in [2.05, 4.69) is 11.1 Å². The van der Waals surface area contributed by atoms with Gasteiger partial charge in [-0.05, 0) is 36.2 Å². The molecule has 1 aliphatic heterocycles. The average Bonchev–Trinajstić information content (AvgIpc) is 3.24. The summed E-state index contributed by atoms with van der Waals surface area (Å²) in [5.74, 6) is 1.63. The highest BCUT2D eigenvalue weighted by atomic mass is 32.1. The van der Waals surface area contributed by atoms with Crippen LogP contribution in [-0.4, -0.2) is 29.6 Å². The van der Waals surface area contributed by atoms with Crippen molar-refractivity contribution in [2.75, 3.05) is 13.8 Å². The van der Waals surface area contributed by atoms with Gasteiger partial charge in [-0.3, -0.25) is 4.79 Å². The Kier molecular flexibility index (Phi) is 4.28. The van der Waals surface area contributed by atoms with Crippen LogP contribution in [0.4, 0.5) is 0 Å². The number of fused-ring (bicyclic) bond motifs is 2. The second-order valence-electron chi connectivity index (χ2n) is 6.01. The number of thiazole rings is 1. The standard InChI is InChI=1S/C19H18N2O3S/c1-21(11-18-20-14-4-2-3-5-17(14)25-18)19(22)9-7-13-6-8-15-16(10-13)24-12-23-15/h2-6,8,10H,7,9,11-12H2,1H3. The number of para-hydroxylation sites is 1. The first-order chi connectivity index (χ1) is 12.2. The fraction of sp³-hybridized carbons (Fsp3) is 0.263. The molecule has 1 amide bonds. The molecule has 6 heteroatoms. The molecule has 0 unspecified atom stereocenters. The molecule has 0 saturated carbocycles. The second kappa shape index (κ2) is 6.72. The highest BCUT2D eigenvalue weighted by Crippen LogP contribution is 2.32. The van der Waals surface area contributed by atoms with Crippen LogP contribution in [-0.2, 0) is 17.8 Å². The number of hydrogen-bond donors (Lipinski definition) is 0. The summed E-state index contributed by atoms with van der Waals surface area (Å²) in [6, 6.07) is 13.9. The van der Waals surface area contributed by atoms with Gasteiger partial charge in [-0.2, -0.15) is 0 Å². The topological polar surface area (TPSA) is 51.7 Å². The number of carbonyl (C=O) groups excluding carboxylic acids is 1. The third-order valence-corrected chi connectivity index (χ3v) is 5.22. The molecule has 1 aromatic heterocycles. The molecule has 0 saturated heterocycles. The van der Waals surface area contributed by atoms with E-state index in [0.29, 0.717) is 19.4 Å². The zero-order valence-corrected chi connectivity index (χ0v) is 14.7. The van der Waals surface area contributed by atoms with Gasteiger partial charge in [0, 0.05) is 13.5 Å². The summed E-state index contributed by atoms with van der Waals surface area (Å²) in [7, 11) is 1.83. The molecule has 5 nitrogen and oxygen atoms in total. The number of rotatable bonds is 5. The number of amides is 1. The van der Waals surface area contributed by atoms with Gasteiger partial charge in [-0.1, -0.05) is 18.2 Å². The van der Waals surface area contributed by atoms with E-state index in [1.807, 2.05) is 43.4 Å². The Morgan fingerprint density at radius 2 is 2.04 bits per heavy atom. The van der Waals surface area contributed by atoms with Gasteiger partial charge in [-0.25, -0.2) is 4.98 Å². The maximum Gasteiger partial charge on any atom is 0.231 e. The lowest BCUT2D eigenvalue weighted by Crippen LogP contribution is -2.26. The molecule has 128 valence electrons. The molecule has 0 aliphatic carbocycles. The summed E-state index contributed by atoms with van der Waals surface area (Å²) >= 11 is 1.64. The van der Waals surface area contributed by atoms with Gasteiger partial charge in [0.1, 0.15) is 5.01 Å². The molecule has 0 bridgehead atoms. The molecule has 3 aromatic rings. The number of aryl methyl sites for hydroxylation is 1. The Labute approximate surface area is 149 Å². The van der Waals surface area contributed by atoms with E-state index in [-0.39, 0.29) is 12.7 Å².